The Bertz CT molecular complexity index is 1350. The summed E-state index contributed by atoms with van der Waals surface area (Å²) in [7, 11) is -2.11. The van der Waals surface area contributed by atoms with Crippen LogP contribution >= 0.6 is 11.6 Å². The van der Waals surface area contributed by atoms with Gasteiger partial charge in [-0.15, -0.1) is 0 Å². The molecule has 11 heteroatoms. The zero-order valence-electron chi connectivity index (χ0n) is 24.4. The number of hydrogen-bond acceptors (Lipinski definition) is 7. The molecule has 4 rings (SSSR count). The number of imidazole rings is 1. The van der Waals surface area contributed by atoms with Gasteiger partial charge in [0.2, 0.25) is 5.95 Å². The molecule has 1 aliphatic heterocycles. The lowest BCUT2D eigenvalue weighted by molar-refractivity contribution is -0.0136. The highest BCUT2D eigenvalue weighted by molar-refractivity contribution is 6.74. The van der Waals surface area contributed by atoms with Gasteiger partial charge < -0.3 is 24.2 Å². The minimum absolute atomic E-state index is 0.0223. The summed E-state index contributed by atoms with van der Waals surface area (Å²) in [6, 6.07) is 3.03. The molecule has 1 fully saturated rings. The lowest BCUT2D eigenvalue weighted by atomic mass is 10.1. The molecule has 3 atom stereocenters. The number of hydrogen-bond donors (Lipinski definition) is 2. The molecule has 1 saturated heterocycles. The van der Waals surface area contributed by atoms with E-state index < -0.39 is 25.8 Å². The van der Waals surface area contributed by atoms with Crippen LogP contribution in [-0.4, -0.2) is 58.3 Å². The smallest absolute Gasteiger partial charge is 0.223 e. The molecule has 1 unspecified atom stereocenters. The second-order valence-electron chi connectivity index (χ2n) is 12.9. The number of fused-ring (bicyclic) bond motifs is 1. The van der Waals surface area contributed by atoms with Gasteiger partial charge in [0.15, 0.2) is 14.1 Å². The van der Waals surface area contributed by atoms with Crippen molar-refractivity contribution in [2.45, 2.75) is 96.8 Å². The van der Waals surface area contributed by atoms with E-state index >= 15 is 4.39 Å². The van der Waals surface area contributed by atoms with Crippen molar-refractivity contribution in [3.05, 3.63) is 35.0 Å². The van der Waals surface area contributed by atoms with Gasteiger partial charge in [-0.1, -0.05) is 32.4 Å². The van der Waals surface area contributed by atoms with E-state index in [4.69, 9.17) is 25.7 Å². The number of aromatic nitrogens is 4. The van der Waals surface area contributed by atoms with Gasteiger partial charge in [0.1, 0.15) is 17.4 Å². The van der Waals surface area contributed by atoms with Crippen LogP contribution in [0.3, 0.4) is 0 Å². The van der Waals surface area contributed by atoms with E-state index in [0.717, 1.165) is 0 Å². The summed E-state index contributed by atoms with van der Waals surface area (Å²) in [4.78, 5) is 13.7. The largest absolute Gasteiger partial charge is 0.407 e. The van der Waals surface area contributed by atoms with E-state index in [2.05, 4.69) is 74.5 Å². The summed E-state index contributed by atoms with van der Waals surface area (Å²) in [5.74, 6) is 0.528. The van der Waals surface area contributed by atoms with Crippen molar-refractivity contribution in [3.63, 3.8) is 0 Å². The third kappa shape index (κ3) is 6.15. The normalized spacial score (nSPS) is 19.9. The van der Waals surface area contributed by atoms with Gasteiger partial charge in [-0.25, -0.2) is 19.3 Å². The molecule has 0 aliphatic carbocycles. The van der Waals surface area contributed by atoms with E-state index in [9.17, 15) is 5.11 Å². The van der Waals surface area contributed by atoms with Gasteiger partial charge in [0.25, 0.3) is 0 Å². The van der Waals surface area contributed by atoms with Crippen molar-refractivity contribution in [1.82, 2.24) is 19.5 Å². The zero-order chi connectivity index (χ0) is 28.9. The molecule has 1 aliphatic rings. The number of nitrogens with zero attached hydrogens (tertiary/aromatic N) is 4. The van der Waals surface area contributed by atoms with Crippen molar-refractivity contribution in [3.8, 4) is 11.3 Å². The highest BCUT2D eigenvalue weighted by Gasteiger charge is 2.40. The Hall–Kier alpha value is -2.11. The summed E-state index contributed by atoms with van der Waals surface area (Å²) in [6.45, 7) is 20.0. The molecule has 0 bridgehead atoms. The predicted octanol–water partition coefficient (Wildman–Crippen LogP) is 6.69. The Balaban J connectivity index is 1.79. The van der Waals surface area contributed by atoms with Crippen LogP contribution in [0.25, 0.3) is 22.3 Å². The fourth-order valence-electron chi connectivity index (χ4n) is 4.64. The summed E-state index contributed by atoms with van der Waals surface area (Å²) in [5, 5.41) is 13.7. The van der Waals surface area contributed by atoms with Gasteiger partial charge in [-0.05, 0) is 64.4 Å². The Morgan fingerprint density at radius 1 is 1.21 bits per heavy atom. The van der Waals surface area contributed by atoms with Crippen LogP contribution in [0.2, 0.25) is 23.2 Å². The van der Waals surface area contributed by atoms with E-state index in [-0.39, 0.29) is 29.3 Å². The average molecular weight is 578 g/mol. The van der Waals surface area contributed by atoms with Crippen LogP contribution in [0.1, 0.15) is 66.8 Å². The van der Waals surface area contributed by atoms with Crippen molar-refractivity contribution >= 4 is 36.9 Å². The summed E-state index contributed by atoms with van der Waals surface area (Å²) in [5.41, 5.74) is 1.43. The first-order chi connectivity index (χ1) is 18.0. The van der Waals surface area contributed by atoms with E-state index in [1.807, 2.05) is 13.0 Å². The van der Waals surface area contributed by atoms with Gasteiger partial charge in [0, 0.05) is 17.7 Å². The molecule has 3 heterocycles. The van der Waals surface area contributed by atoms with Crippen molar-refractivity contribution in [2.75, 3.05) is 18.5 Å². The minimum atomic E-state index is -2.11. The highest BCUT2D eigenvalue weighted by atomic mass is 35.5. The molecule has 0 saturated carbocycles. The fraction of sp³-hybridized carbons (Fsp3) is 0.607. The number of nitrogens with one attached hydrogen (secondary N) is 1. The van der Waals surface area contributed by atoms with Gasteiger partial charge in [0.05, 0.1) is 41.2 Å². The lowest BCUT2D eigenvalue weighted by Crippen LogP contribution is -2.42. The number of aliphatic hydroxyl groups is 1. The first kappa shape index (κ1) is 29.9. The third-order valence-electron chi connectivity index (χ3n) is 7.71. The maximum atomic E-state index is 15.7. The second-order valence-corrected chi connectivity index (χ2v) is 18.1. The second kappa shape index (κ2) is 10.7. The number of halogens is 2. The van der Waals surface area contributed by atoms with Crippen LogP contribution < -0.4 is 5.32 Å². The molecule has 3 aromatic rings. The molecule has 1 aromatic carbocycles. The zero-order valence-corrected chi connectivity index (χ0v) is 26.1. The standard InChI is InChI=1S/C28H41ClFN5O3Si/c1-16(38-39(8,9)28(5,6)7)25-33-24-19(30)12-17(13-21(24)35(25)27(2,3)4)23-18(29)14-31-26(34-23)32-20-10-11-37-15-22(20)36/h12-14,16,20,22,36H,10-11,15H2,1-9H3,(H,31,32,34)/t16?,20-,22-/m1/s1. The fourth-order valence-corrected chi connectivity index (χ4v) is 6.18. The van der Waals surface area contributed by atoms with Gasteiger partial charge in [-0.3, -0.25) is 0 Å². The summed E-state index contributed by atoms with van der Waals surface area (Å²) < 4.78 is 29.7. The number of ether oxygens (including phenoxy) is 1. The first-order valence-electron chi connectivity index (χ1n) is 13.4. The maximum absolute atomic E-state index is 15.7. The van der Waals surface area contributed by atoms with Crippen LogP contribution in [0.15, 0.2) is 18.3 Å². The lowest BCUT2D eigenvalue weighted by Gasteiger charge is -2.39. The van der Waals surface area contributed by atoms with Crippen LogP contribution in [0.4, 0.5) is 10.3 Å². The van der Waals surface area contributed by atoms with Gasteiger partial charge in [-0.2, -0.15) is 0 Å². The monoisotopic (exact) mass is 577 g/mol. The van der Waals surface area contributed by atoms with E-state index in [0.29, 0.717) is 46.6 Å². The molecule has 0 radical (unpaired) electrons. The topological polar surface area (TPSA) is 94.3 Å². The molecule has 0 spiro atoms. The molecule has 214 valence electrons. The summed E-state index contributed by atoms with van der Waals surface area (Å²) in [6.07, 6.45) is 1.10. The molecule has 8 nitrogen and oxygen atoms in total. The van der Waals surface area contributed by atoms with Crippen molar-refractivity contribution in [2.24, 2.45) is 0 Å². The van der Waals surface area contributed by atoms with Crippen LogP contribution in [0.5, 0.6) is 0 Å². The average Bonchev–Trinajstić information content (AvgIpc) is 3.22. The van der Waals surface area contributed by atoms with Crippen molar-refractivity contribution < 1.29 is 18.7 Å². The van der Waals surface area contributed by atoms with Crippen molar-refractivity contribution in [1.29, 1.82) is 0 Å². The minimum Gasteiger partial charge on any atom is -0.407 e. The SMILES string of the molecule is CC(O[Si](C)(C)C(C)(C)C)c1nc2c(F)cc(-c3nc(N[C@@H]4CCOC[C@H]4O)ncc3Cl)cc2n1C(C)(C)C. The Kier molecular flexibility index (Phi) is 8.19. The molecule has 2 N–H and O–H groups in total. The summed E-state index contributed by atoms with van der Waals surface area (Å²) >= 11 is 6.52. The van der Waals surface area contributed by atoms with E-state index in [1.54, 1.807) is 0 Å². The molecular weight excluding hydrogens is 537 g/mol. The number of benzene rings is 1. The molecule has 0 amide bonds. The highest BCUT2D eigenvalue weighted by Crippen LogP contribution is 2.41. The first-order valence-corrected chi connectivity index (χ1v) is 16.7. The number of aliphatic hydroxyl groups excluding tert-OH is 1. The van der Waals surface area contributed by atoms with Gasteiger partial charge >= 0.3 is 0 Å². The Morgan fingerprint density at radius 3 is 2.51 bits per heavy atom. The molecular formula is C28H41ClFN5O3Si. The van der Waals surface area contributed by atoms with Crippen LogP contribution in [-0.2, 0) is 14.7 Å². The van der Waals surface area contributed by atoms with E-state index in [1.165, 1.54) is 12.3 Å². The quantitative estimate of drug-likeness (QED) is 0.315. The number of rotatable bonds is 6. The third-order valence-corrected chi connectivity index (χ3v) is 12.5. The van der Waals surface area contributed by atoms with Crippen LogP contribution in [0, 0.1) is 5.82 Å². The molecule has 39 heavy (non-hydrogen) atoms. The maximum Gasteiger partial charge on any atom is 0.223 e. The Labute approximate surface area is 236 Å². The molecule has 2 aromatic heterocycles. The number of anilines is 1. The predicted molar refractivity (Wildman–Crippen MR) is 156 cm³/mol. The Morgan fingerprint density at radius 2 is 1.90 bits per heavy atom.